The molecule has 96 valence electrons. The average Bonchev–Trinajstić information content (AvgIpc) is 2.31. The second-order valence-electron chi connectivity index (χ2n) is 3.62. The van der Waals surface area contributed by atoms with Crippen LogP contribution >= 0.6 is 12.2 Å². The van der Waals surface area contributed by atoms with Crippen molar-refractivity contribution >= 4 is 34.9 Å². The van der Waals surface area contributed by atoms with E-state index >= 15 is 0 Å². The van der Waals surface area contributed by atoms with Crippen LogP contribution in [-0.4, -0.2) is 17.0 Å². The minimum atomic E-state index is -1.25. The predicted molar refractivity (Wildman–Crippen MR) is 70.2 cm³/mol. The number of benzene rings is 1. The number of carboxylic acid groups (broad SMARTS) is 1. The van der Waals surface area contributed by atoms with Gasteiger partial charge < -0.3 is 20.5 Å². The third-order valence-corrected chi connectivity index (χ3v) is 2.58. The molecular formula is C12H13N2O3S-. The van der Waals surface area contributed by atoms with Crippen LogP contribution in [0, 0.1) is 6.92 Å². The summed E-state index contributed by atoms with van der Waals surface area (Å²) in [5.41, 5.74) is 1.12. The van der Waals surface area contributed by atoms with Gasteiger partial charge in [0.25, 0.3) is 0 Å². The summed E-state index contributed by atoms with van der Waals surface area (Å²) in [7, 11) is 0. The minimum absolute atomic E-state index is 0.0876. The van der Waals surface area contributed by atoms with Crippen LogP contribution in [0.2, 0.25) is 0 Å². The van der Waals surface area contributed by atoms with Gasteiger partial charge in [0.05, 0.1) is 5.97 Å². The van der Waals surface area contributed by atoms with Gasteiger partial charge in [0.1, 0.15) is 0 Å². The fourth-order valence-corrected chi connectivity index (χ4v) is 1.58. The predicted octanol–water partition coefficient (Wildman–Crippen LogP) is 0.582. The fraction of sp³-hybridized carbons (Fsp3) is 0.250. The normalized spacial score (nSPS) is 9.67. The van der Waals surface area contributed by atoms with Crippen LogP contribution < -0.4 is 15.7 Å². The Morgan fingerprint density at radius 1 is 1.39 bits per heavy atom. The molecule has 0 aliphatic carbocycles. The number of rotatable bonds is 3. The van der Waals surface area contributed by atoms with E-state index < -0.39 is 5.97 Å². The van der Waals surface area contributed by atoms with E-state index in [1.165, 1.54) is 6.07 Å². The molecule has 0 saturated carbocycles. The van der Waals surface area contributed by atoms with Crippen LogP contribution in [0.15, 0.2) is 18.2 Å². The van der Waals surface area contributed by atoms with Crippen molar-refractivity contribution in [3.05, 3.63) is 29.3 Å². The van der Waals surface area contributed by atoms with Crippen LogP contribution in [-0.2, 0) is 4.79 Å². The Morgan fingerprint density at radius 3 is 2.61 bits per heavy atom. The van der Waals surface area contributed by atoms with Crippen molar-refractivity contribution in [1.29, 1.82) is 0 Å². The van der Waals surface area contributed by atoms with Gasteiger partial charge in [-0.15, -0.1) is 0 Å². The Labute approximate surface area is 110 Å². The number of hydrogen-bond acceptors (Lipinski definition) is 4. The van der Waals surface area contributed by atoms with Crippen LogP contribution in [0.25, 0.3) is 0 Å². The van der Waals surface area contributed by atoms with Crippen molar-refractivity contribution in [3.8, 4) is 0 Å². The summed E-state index contributed by atoms with van der Waals surface area (Å²) in [5, 5.41) is 16.2. The molecule has 18 heavy (non-hydrogen) atoms. The number of thiocarbonyl (C=S) groups is 1. The lowest BCUT2D eigenvalue weighted by Crippen LogP contribution is -2.34. The molecule has 0 spiro atoms. The van der Waals surface area contributed by atoms with Gasteiger partial charge in [-0.25, -0.2) is 0 Å². The summed E-state index contributed by atoms with van der Waals surface area (Å²) in [6.45, 7) is 3.34. The molecule has 0 radical (unpaired) electrons. The van der Waals surface area contributed by atoms with Crippen LogP contribution in [0.1, 0.15) is 29.3 Å². The number of anilines is 1. The van der Waals surface area contributed by atoms with E-state index in [4.69, 9.17) is 12.2 Å². The van der Waals surface area contributed by atoms with Crippen molar-refractivity contribution in [2.45, 2.75) is 20.3 Å². The molecule has 1 amide bonds. The van der Waals surface area contributed by atoms with Crippen LogP contribution in [0.5, 0.6) is 0 Å². The smallest absolute Gasteiger partial charge is 0.225 e. The maximum atomic E-state index is 11.1. The maximum Gasteiger partial charge on any atom is 0.225 e. The monoisotopic (exact) mass is 265 g/mol. The Balaban J connectivity index is 2.85. The maximum absolute atomic E-state index is 11.1. The SMILES string of the molecule is CCC(=O)NC(=S)Nc1cccc(C(=O)[O-])c1C. The molecule has 0 heterocycles. The molecule has 2 N–H and O–H groups in total. The van der Waals surface area contributed by atoms with E-state index in [9.17, 15) is 14.7 Å². The second-order valence-corrected chi connectivity index (χ2v) is 4.03. The van der Waals surface area contributed by atoms with E-state index in [1.54, 1.807) is 26.0 Å². The number of hydrogen-bond donors (Lipinski definition) is 2. The fourth-order valence-electron chi connectivity index (χ4n) is 1.36. The topological polar surface area (TPSA) is 81.3 Å². The Morgan fingerprint density at radius 2 is 2.06 bits per heavy atom. The zero-order valence-electron chi connectivity index (χ0n) is 10.1. The number of carbonyl (C=O) groups excluding carboxylic acids is 2. The van der Waals surface area contributed by atoms with Gasteiger partial charge >= 0.3 is 0 Å². The van der Waals surface area contributed by atoms with Crippen LogP contribution in [0.3, 0.4) is 0 Å². The van der Waals surface area contributed by atoms with Gasteiger partial charge in [-0.05, 0) is 30.8 Å². The first kappa shape index (κ1) is 14.1. The van der Waals surface area contributed by atoms with Crippen molar-refractivity contribution in [2.24, 2.45) is 0 Å². The zero-order valence-corrected chi connectivity index (χ0v) is 10.9. The zero-order chi connectivity index (χ0) is 13.7. The third kappa shape index (κ3) is 3.53. The number of carboxylic acids is 1. The third-order valence-electron chi connectivity index (χ3n) is 2.38. The van der Waals surface area contributed by atoms with Crippen molar-refractivity contribution in [1.82, 2.24) is 5.32 Å². The molecule has 0 aliphatic heterocycles. The molecule has 1 aromatic carbocycles. The van der Waals surface area contributed by atoms with E-state index in [2.05, 4.69) is 10.6 Å². The number of aromatic carboxylic acids is 1. The highest BCUT2D eigenvalue weighted by atomic mass is 32.1. The molecule has 0 saturated heterocycles. The molecule has 0 unspecified atom stereocenters. The van der Waals surface area contributed by atoms with Gasteiger partial charge in [0, 0.05) is 17.7 Å². The second kappa shape index (κ2) is 6.11. The van der Waals surface area contributed by atoms with Crippen molar-refractivity contribution in [2.75, 3.05) is 5.32 Å². The summed E-state index contributed by atoms with van der Waals surface area (Å²) in [6.07, 6.45) is 0.319. The summed E-state index contributed by atoms with van der Waals surface area (Å²) < 4.78 is 0. The average molecular weight is 265 g/mol. The summed E-state index contributed by atoms with van der Waals surface area (Å²) in [5.74, 6) is -1.46. The van der Waals surface area contributed by atoms with Gasteiger partial charge in [0.15, 0.2) is 5.11 Å². The first-order valence-electron chi connectivity index (χ1n) is 5.37. The Kier molecular flexibility index (Phi) is 4.79. The highest BCUT2D eigenvalue weighted by molar-refractivity contribution is 7.80. The van der Waals surface area contributed by atoms with Gasteiger partial charge in [-0.2, -0.15) is 0 Å². The molecule has 0 aliphatic rings. The molecule has 1 rings (SSSR count). The quantitative estimate of drug-likeness (QED) is 0.781. The van der Waals surface area contributed by atoms with Crippen molar-refractivity contribution in [3.63, 3.8) is 0 Å². The highest BCUT2D eigenvalue weighted by Crippen LogP contribution is 2.18. The van der Waals surface area contributed by atoms with Crippen molar-refractivity contribution < 1.29 is 14.7 Å². The number of carbonyl (C=O) groups is 2. The molecular weight excluding hydrogens is 252 g/mol. The largest absolute Gasteiger partial charge is 0.545 e. The molecule has 1 aromatic rings. The lowest BCUT2D eigenvalue weighted by atomic mass is 10.1. The lowest BCUT2D eigenvalue weighted by Gasteiger charge is -2.14. The summed E-state index contributed by atoms with van der Waals surface area (Å²) in [4.78, 5) is 22.0. The standard InChI is InChI=1S/C12H14N2O3S/c1-3-10(15)14-12(18)13-9-6-4-5-8(7(9)2)11(16)17/h4-6H,3H2,1-2H3,(H,16,17)(H2,13,14,15,18)/p-1. The Hall–Kier alpha value is -1.95. The van der Waals surface area contributed by atoms with Gasteiger partial charge in [-0.3, -0.25) is 4.79 Å². The molecule has 5 nitrogen and oxygen atoms in total. The van der Waals surface area contributed by atoms with E-state index in [0.29, 0.717) is 17.7 Å². The minimum Gasteiger partial charge on any atom is -0.545 e. The van der Waals surface area contributed by atoms with Gasteiger partial charge in [-0.1, -0.05) is 19.1 Å². The molecule has 0 bridgehead atoms. The van der Waals surface area contributed by atoms with Gasteiger partial charge in [0.2, 0.25) is 5.91 Å². The summed E-state index contributed by atoms with van der Waals surface area (Å²) in [6, 6.07) is 4.69. The van der Waals surface area contributed by atoms with E-state index in [0.717, 1.165) is 0 Å². The molecule has 6 heteroatoms. The summed E-state index contributed by atoms with van der Waals surface area (Å²) >= 11 is 4.94. The number of nitrogens with one attached hydrogen (secondary N) is 2. The first-order valence-corrected chi connectivity index (χ1v) is 5.78. The number of amides is 1. The lowest BCUT2D eigenvalue weighted by molar-refractivity contribution is -0.255. The Bertz CT molecular complexity index is 500. The van der Waals surface area contributed by atoms with E-state index in [1.807, 2.05) is 0 Å². The molecule has 0 atom stereocenters. The van der Waals surface area contributed by atoms with E-state index in [-0.39, 0.29) is 16.6 Å². The highest BCUT2D eigenvalue weighted by Gasteiger charge is 2.07. The van der Waals surface area contributed by atoms with Crippen LogP contribution in [0.4, 0.5) is 5.69 Å². The first-order chi connectivity index (χ1) is 8.45. The molecule has 0 fully saturated rings. The molecule has 0 aromatic heterocycles.